The summed E-state index contributed by atoms with van der Waals surface area (Å²) in [5, 5.41) is 0.811. The zero-order valence-electron chi connectivity index (χ0n) is 14.1. The molecule has 1 atom stereocenters. The molecular formula is C18H23ClN2O4. The summed E-state index contributed by atoms with van der Waals surface area (Å²) in [5.74, 6) is 0.960. The molecule has 7 heteroatoms. The minimum atomic E-state index is -0.410. The number of nitrogens with zero attached hydrogens (tertiary/aromatic N) is 1. The Bertz CT molecular complexity index is 782. The Hall–Kier alpha value is -2.05. The average Bonchev–Trinajstić information content (AvgIpc) is 2.59. The van der Waals surface area contributed by atoms with E-state index in [4.69, 9.17) is 14.9 Å². The Balaban J connectivity index is 0.00000225. The first-order valence-electron chi connectivity index (χ1n) is 8.23. The van der Waals surface area contributed by atoms with Gasteiger partial charge in [-0.15, -0.1) is 12.4 Å². The second-order valence-electron chi connectivity index (χ2n) is 6.32. The van der Waals surface area contributed by atoms with Gasteiger partial charge in [-0.25, -0.2) is 4.79 Å². The van der Waals surface area contributed by atoms with Gasteiger partial charge in [-0.05, 0) is 43.9 Å². The van der Waals surface area contributed by atoms with Crippen LogP contribution in [0.4, 0.5) is 0 Å². The standard InChI is InChI=1S/C18H22N2O4.ClH/c1-12(19)13-6-8-20(9-7-13)17(21)11-23-15-4-2-14-3-5-18(22)24-16(14)10-15;/h2-5,10,12-13H,6-9,11,19H2,1H3;1H. The predicted octanol–water partition coefficient (Wildman–Crippen LogP) is 2.18. The molecule has 136 valence electrons. The van der Waals surface area contributed by atoms with E-state index >= 15 is 0 Å². The van der Waals surface area contributed by atoms with Crippen molar-refractivity contribution < 1.29 is 13.9 Å². The maximum atomic E-state index is 12.3. The van der Waals surface area contributed by atoms with Gasteiger partial charge in [-0.2, -0.15) is 0 Å². The molecular weight excluding hydrogens is 344 g/mol. The Labute approximate surface area is 152 Å². The van der Waals surface area contributed by atoms with Crippen LogP contribution in [0.2, 0.25) is 0 Å². The Morgan fingerprint density at radius 3 is 2.68 bits per heavy atom. The summed E-state index contributed by atoms with van der Waals surface area (Å²) in [6, 6.07) is 8.43. The number of ether oxygens (including phenoxy) is 1. The zero-order chi connectivity index (χ0) is 17.1. The van der Waals surface area contributed by atoms with Crippen molar-refractivity contribution in [3.63, 3.8) is 0 Å². The lowest BCUT2D eigenvalue weighted by Gasteiger charge is -2.33. The van der Waals surface area contributed by atoms with E-state index in [-0.39, 0.29) is 31.0 Å². The summed E-state index contributed by atoms with van der Waals surface area (Å²) in [6.45, 7) is 3.44. The van der Waals surface area contributed by atoms with Crippen LogP contribution in [0.1, 0.15) is 19.8 Å². The molecule has 1 fully saturated rings. The van der Waals surface area contributed by atoms with Crippen molar-refractivity contribution >= 4 is 29.3 Å². The Morgan fingerprint density at radius 2 is 2.00 bits per heavy atom. The van der Waals surface area contributed by atoms with Crippen LogP contribution in [-0.4, -0.2) is 36.5 Å². The highest BCUT2D eigenvalue weighted by Crippen LogP contribution is 2.21. The quantitative estimate of drug-likeness (QED) is 0.838. The fourth-order valence-electron chi connectivity index (χ4n) is 3.04. The molecule has 0 bridgehead atoms. The Morgan fingerprint density at radius 1 is 1.32 bits per heavy atom. The molecule has 1 aliphatic rings. The number of likely N-dealkylation sites (tertiary alicyclic amines) is 1. The van der Waals surface area contributed by atoms with Crippen LogP contribution >= 0.6 is 12.4 Å². The molecule has 2 N–H and O–H groups in total. The van der Waals surface area contributed by atoms with E-state index in [0.717, 1.165) is 31.3 Å². The van der Waals surface area contributed by atoms with E-state index in [1.165, 1.54) is 6.07 Å². The first-order valence-corrected chi connectivity index (χ1v) is 8.23. The maximum Gasteiger partial charge on any atom is 0.336 e. The molecule has 1 unspecified atom stereocenters. The number of benzene rings is 1. The summed E-state index contributed by atoms with van der Waals surface area (Å²) in [7, 11) is 0. The van der Waals surface area contributed by atoms with Crippen molar-refractivity contribution in [1.82, 2.24) is 4.90 Å². The monoisotopic (exact) mass is 366 g/mol. The van der Waals surface area contributed by atoms with Crippen molar-refractivity contribution in [3.8, 4) is 5.75 Å². The van der Waals surface area contributed by atoms with Gasteiger partial charge in [-0.1, -0.05) is 0 Å². The van der Waals surface area contributed by atoms with Crippen molar-refractivity contribution in [3.05, 3.63) is 40.8 Å². The van der Waals surface area contributed by atoms with Crippen LogP contribution in [-0.2, 0) is 4.79 Å². The molecule has 0 spiro atoms. The van der Waals surface area contributed by atoms with Gasteiger partial charge in [0.15, 0.2) is 6.61 Å². The van der Waals surface area contributed by atoms with Crippen molar-refractivity contribution in [2.24, 2.45) is 11.7 Å². The molecule has 6 nitrogen and oxygen atoms in total. The van der Waals surface area contributed by atoms with E-state index in [1.807, 2.05) is 11.8 Å². The van der Waals surface area contributed by atoms with E-state index in [1.54, 1.807) is 24.3 Å². The average molecular weight is 367 g/mol. The molecule has 2 aromatic rings. The number of hydrogen-bond donors (Lipinski definition) is 1. The number of rotatable bonds is 4. The normalized spacial score (nSPS) is 16.3. The third kappa shape index (κ3) is 4.74. The minimum absolute atomic E-state index is 0. The third-order valence-electron chi connectivity index (χ3n) is 4.59. The van der Waals surface area contributed by atoms with Gasteiger partial charge in [0.05, 0.1) is 0 Å². The van der Waals surface area contributed by atoms with Crippen molar-refractivity contribution in [2.45, 2.75) is 25.8 Å². The van der Waals surface area contributed by atoms with E-state index in [0.29, 0.717) is 17.3 Å². The van der Waals surface area contributed by atoms with Crippen molar-refractivity contribution in [2.75, 3.05) is 19.7 Å². The molecule has 0 saturated carbocycles. The number of carbonyl (C=O) groups excluding carboxylic acids is 1. The highest BCUT2D eigenvalue weighted by atomic mass is 35.5. The lowest BCUT2D eigenvalue weighted by molar-refractivity contribution is -0.134. The first kappa shape index (κ1) is 19.3. The van der Waals surface area contributed by atoms with E-state index in [2.05, 4.69) is 0 Å². The number of nitrogens with two attached hydrogens (primary N) is 1. The topological polar surface area (TPSA) is 85.8 Å². The van der Waals surface area contributed by atoms with Crippen LogP contribution in [0.5, 0.6) is 5.75 Å². The molecule has 25 heavy (non-hydrogen) atoms. The van der Waals surface area contributed by atoms with Gasteiger partial charge in [0.2, 0.25) is 0 Å². The molecule has 1 saturated heterocycles. The van der Waals surface area contributed by atoms with Gasteiger partial charge in [0.25, 0.3) is 5.91 Å². The zero-order valence-corrected chi connectivity index (χ0v) is 15.0. The smallest absolute Gasteiger partial charge is 0.336 e. The molecule has 1 aromatic carbocycles. The van der Waals surface area contributed by atoms with Crippen LogP contribution in [0.15, 0.2) is 39.5 Å². The largest absolute Gasteiger partial charge is 0.484 e. The Kier molecular flexibility index (Phi) is 6.45. The van der Waals surface area contributed by atoms with Crippen molar-refractivity contribution in [1.29, 1.82) is 0 Å². The molecule has 3 rings (SSSR count). The predicted molar refractivity (Wildman–Crippen MR) is 98.2 cm³/mol. The van der Waals surface area contributed by atoms with Crippen LogP contribution in [0, 0.1) is 5.92 Å². The maximum absolute atomic E-state index is 12.3. The summed E-state index contributed by atoms with van der Waals surface area (Å²) in [4.78, 5) is 25.3. The van der Waals surface area contributed by atoms with Gasteiger partial charge >= 0.3 is 5.63 Å². The van der Waals surface area contributed by atoms with E-state index in [9.17, 15) is 9.59 Å². The molecule has 2 heterocycles. The van der Waals surface area contributed by atoms with Crippen LogP contribution in [0.25, 0.3) is 11.0 Å². The molecule has 0 radical (unpaired) electrons. The van der Waals surface area contributed by atoms with Gasteiger partial charge < -0.3 is 19.8 Å². The number of carbonyl (C=O) groups is 1. The summed E-state index contributed by atoms with van der Waals surface area (Å²) in [5.41, 5.74) is 5.96. The summed E-state index contributed by atoms with van der Waals surface area (Å²) < 4.78 is 10.7. The molecule has 1 aromatic heterocycles. The number of amides is 1. The fraction of sp³-hybridized carbons (Fsp3) is 0.444. The minimum Gasteiger partial charge on any atom is -0.484 e. The summed E-state index contributed by atoms with van der Waals surface area (Å²) >= 11 is 0. The first-order chi connectivity index (χ1) is 11.5. The third-order valence-corrected chi connectivity index (χ3v) is 4.59. The number of fused-ring (bicyclic) bond motifs is 1. The van der Waals surface area contributed by atoms with Gasteiger partial charge in [-0.3, -0.25) is 4.79 Å². The highest BCUT2D eigenvalue weighted by molar-refractivity contribution is 5.85. The van der Waals surface area contributed by atoms with E-state index < -0.39 is 5.63 Å². The van der Waals surface area contributed by atoms with Crippen LogP contribution < -0.4 is 16.1 Å². The number of piperidine rings is 1. The molecule has 1 aliphatic heterocycles. The number of hydrogen-bond acceptors (Lipinski definition) is 5. The fourth-order valence-corrected chi connectivity index (χ4v) is 3.04. The number of halogens is 1. The van der Waals surface area contributed by atoms with Gasteiger partial charge in [0.1, 0.15) is 11.3 Å². The lowest BCUT2D eigenvalue weighted by atomic mass is 9.91. The lowest BCUT2D eigenvalue weighted by Crippen LogP contribution is -2.44. The second-order valence-corrected chi connectivity index (χ2v) is 6.32. The van der Waals surface area contributed by atoms with Crippen LogP contribution in [0.3, 0.4) is 0 Å². The second kappa shape index (κ2) is 8.36. The summed E-state index contributed by atoms with van der Waals surface area (Å²) in [6.07, 6.45) is 1.87. The van der Waals surface area contributed by atoms with Gasteiger partial charge in [0, 0.05) is 36.7 Å². The highest BCUT2D eigenvalue weighted by Gasteiger charge is 2.24. The molecule has 1 amide bonds. The SMILES string of the molecule is CC(N)C1CCN(C(=O)COc2ccc3ccc(=O)oc3c2)CC1.Cl. The molecule has 0 aliphatic carbocycles.